The average Bonchev–Trinajstić information content (AvgIpc) is 3.18. The van der Waals surface area contributed by atoms with Crippen LogP contribution in [0.4, 0.5) is 4.39 Å². The molecule has 0 saturated carbocycles. The molecule has 0 radical (unpaired) electrons. The van der Waals surface area contributed by atoms with Gasteiger partial charge in [0.2, 0.25) is 0 Å². The maximum atomic E-state index is 13.0. The highest BCUT2D eigenvalue weighted by molar-refractivity contribution is 5.97. The summed E-state index contributed by atoms with van der Waals surface area (Å²) in [4.78, 5) is 22.8. The molecular weight excluding hydrogens is 341 g/mol. The van der Waals surface area contributed by atoms with Crippen LogP contribution in [0.2, 0.25) is 0 Å². The van der Waals surface area contributed by atoms with Gasteiger partial charge in [0.15, 0.2) is 5.78 Å². The van der Waals surface area contributed by atoms with E-state index in [4.69, 9.17) is 0 Å². The summed E-state index contributed by atoms with van der Waals surface area (Å²) in [7, 11) is 0. The van der Waals surface area contributed by atoms with Crippen LogP contribution in [0, 0.1) is 11.7 Å². The van der Waals surface area contributed by atoms with Gasteiger partial charge in [0.05, 0.1) is 0 Å². The third-order valence-electron chi connectivity index (χ3n) is 5.16. The topological polar surface area (TPSA) is 49.0 Å². The summed E-state index contributed by atoms with van der Waals surface area (Å²) in [6.07, 6.45) is 3.55. The molecule has 0 atom stereocenters. The first-order valence-corrected chi connectivity index (χ1v) is 9.30. The van der Waals surface area contributed by atoms with E-state index in [-0.39, 0.29) is 17.5 Å². The Hall–Kier alpha value is -2.79. The highest BCUT2D eigenvalue weighted by Crippen LogP contribution is 2.23. The molecule has 0 unspecified atom stereocenters. The van der Waals surface area contributed by atoms with Gasteiger partial charge < -0.3 is 4.98 Å². The first-order chi connectivity index (χ1) is 13.2. The zero-order chi connectivity index (χ0) is 18.6. The number of hydrogen-bond donors (Lipinski definition) is 1. The minimum Gasteiger partial charge on any atom is -0.341 e. The molecule has 5 heteroatoms. The molecule has 1 aliphatic heterocycles. The quantitative estimate of drug-likeness (QED) is 0.687. The fourth-order valence-electron chi connectivity index (χ4n) is 3.63. The van der Waals surface area contributed by atoms with Crippen LogP contribution in [0.25, 0.3) is 11.4 Å². The van der Waals surface area contributed by atoms with Gasteiger partial charge in [-0.2, -0.15) is 0 Å². The van der Waals surface area contributed by atoms with Crippen molar-refractivity contribution < 1.29 is 9.18 Å². The van der Waals surface area contributed by atoms with E-state index >= 15 is 0 Å². The number of carbonyl (C=O) groups excluding carboxylic acids is 1. The number of aromatic amines is 1. The Balaban J connectivity index is 1.33. The monoisotopic (exact) mass is 363 g/mol. The molecular formula is C22H22FN3O. The summed E-state index contributed by atoms with van der Waals surface area (Å²) >= 11 is 0. The van der Waals surface area contributed by atoms with E-state index in [1.54, 1.807) is 12.1 Å². The van der Waals surface area contributed by atoms with Gasteiger partial charge in [-0.15, -0.1) is 0 Å². The van der Waals surface area contributed by atoms with Gasteiger partial charge in [-0.3, -0.25) is 9.69 Å². The molecule has 4 rings (SSSR count). The number of H-pyrrole nitrogens is 1. The number of piperidine rings is 1. The number of carbonyl (C=O) groups is 1. The van der Waals surface area contributed by atoms with Gasteiger partial charge >= 0.3 is 0 Å². The summed E-state index contributed by atoms with van der Waals surface area (Å²) in [5.41, 5.74) is 2.76. The highest BCUT2D eigenvalue weighted by atomic mass is 19.1. The first-order valence-electron chi connectivity index (χ1n) is 9.30. The molecule has 0 spiro atoms. The van der Waals surface area contributed by atoms with Gasteiger partial charge in [-0.25, -0.2) is 9.37 Å². The fourth-order valence-corrected chi connectivity index (χ4v) is 3.63. The molecule has 2 heterocycles. The second-order valence-corrected chi connectivity index (χ2v) is 7.04. The minimum atomic E-state index is -0.309. The summed E-state index contributed by atoms with van der Waals surface area (Å²) in [5.74, 6) is 0.721. The molecule has 138 valence electrons. The lowest BCUT2D eigenvalue weighted by Gasteiger charge is -2.30. The van der Waals surface area contributed by atoms with Crippen molar-refractivity contribution in [3.8, 4) is 11.4 Å². The Labute approximate surface area is 158 Å². The fraction of sp³-hybridized carbons (Fsp3) is 0.273. The Kier molecular flexibility index (Phi) is 5.12. The van der Waals surface area contributed by atoms with Crippen molar-refractivity contribution in [2.45, 2.75) is 19.4 Å². The third kappa shape index (κ3) is 4.14. The number of halogens is 1. The van der Waals surface area contributed by atoms with Gasteiger partial charge in [0.1, 0.15) is 11.6 Å². The SMILES string of the molecule is O=C(c1ccc(F)cc1)C1CCN(Cc2cnc(-c3ccccc3)[nH]2)CC1. The maximum Gasteiger partial charge on any atom is 0.166 e. The van der Waals surface area contributed by atoms with Crippen LogP contribution in [0.5, 0.6) is 0 Å². The predicted molar refractivity (Wildman–Crippen MR) is 103 cm³/mol. The molecule has 4 nitrogen and oxygen atoms in total. The molecule has 1 aliphatic rings. The van der Waals surface area contributed by atoms with Crippen LogP contribution >= 0.6 is 0 Å². The summed E-state index contributed by atoms with van der Waals surface area (Å²) in [6, 6.07) is 15.9. The number of nitrogens with one attached hydrogen (secondary N) is 1. The number of hydrogen-bond acceptors (Lipinski definition) is 3. The first kappa shape index (κ1) is 17.6. The van der Waals surface area contributed by atoms with Crippen molar-refractivity contribution in [1.29, 1.82) is 0 Å². The van der Waals surface area contributed by atoms with Crippen molar-refractivity contribution in [3.05, 3.63) is 77.9 Å². The van der Waals surface area contributed by atoms with E-state index in [1.807, 2.05) is 36.5 Å². The van der Waals surface area contributed by atoms with Crippen molar-refractivity contribution in [2.24, 2.45) is 5.92 Å². The van der Waals surface area contributed by atoms with Gasteiger partial charge in [0.25, 0.3) is 0 Å². The number of imidazole rings is 1. The van der Waals surface area contributed by atoms with Crippen LogP contribution in [0.1, 0.15) is 28.9 Å². The average molecular weight is 363 g/mol. The van der Waals surface area contributed by atoms with Crippen LogP contribution in [0.3, 0.4) is 0 Å². The van der Waals surface area contributed by atoms with Gasteiger partial charge in [-0.1, -0.05) is 30.3 Å². The Morgan fingerprint density at radius 1 is 1.07 bits per heavy atom. The Bertz CT molecular complexity index is 897. The molecule has 0 aliphatic carbocycles. The maximum absolute atomic E-state index is 13.0. The Morgan fingerprint density at radius 3 is 2.48 bits per heavy atom. The van der Waals surface area contributed by atoms with Crippen molar-refractivity contribution in [1.82, 2.24) is 14.9 Å². The number of aromatic nitrogens is 2. The molecule has 0 bridgehead atoms. The smallest absolute Gasteiger partial charge is 0.166 e. The van der Waals surface area contributed by atoms with Gasteiger partial charge in [-0.05, 0) is 50.2 Å². The van der Waals surface area contributed by atoms with Crippen molar-refractivity contribution in [3.63, 3.8) is 0 Å². The summed E-state index contributed by atoms with van der Waals surface area (Å²) in [5, 5.41) is 0. The van der Waals surface area contributed by atoms with Crippen LogP contribution < -0.4 is 0 Å². The molecule has 27 heavy (non-hydrogen) atoms. The van der Waals surface area contributed by atoms with Crippen LogP contribution in [0.15, 0.2) is 60.8 Å². The Morgan fingerprint density at radius 2 is 1.78 bits per heavy atom. The van der Waals surface area contributed by atoms with E-state index in [0.29, 0.717) is 5.56 Å². The second kappa shape index (κ2) is 7.84. The lowest BCUT2D eigenvalue weighted by Crippen LogP contribution is -2.36. The lowest BCUT2D eigenvalue weighted by atomic mass is 9.89. The largest absolute Gasteiger partial charge is 0.341 e. The molecule has 3 aromatic rings. The van der Waals surface area contributed by atoms with Crippen molar-refractivity contribution >= 4 is 5.78 Å². The summed E-state index contributed by atoms with van der Waals surface area (Å²) in [6.45, 7) is 2.55. The molecule has 0 amide bonds. The number of rotatable bonds is 5. The normalized spacial score (nSPS) is 15.7. The second-order valence-electron chi connectivity index (χ2n) is 7.04. The number of ketones is 1. The standard InChI is InChI=1S/C22H22FN3O/c23-19-8-6-16(7-9-19)21(27)17-10-12-26(13-11-17)15-20-14-24-22(25-20)18-4-2-1-3-5-18/h1-9,14,17H,10-13,15H2,(H,24,25). The predicted octanol–water partition coefficient (Wildman–Crippen LogP) is 4.31. The van der Waals surface area contributed by atoms with Gasteiger partial charge in [0, 0.05) is 35.5 Å². The molecule has 1 aromatic heterocycles. The highest BCUT2D eigenvalue weighted by Gasteiger charge is 2.26. The van der Waals surface area contributed by atoms with E-state index in [1.165, 1.54) is 12.1 Å². The van der Waals surface area contributed by atoms with E-state index in [2.05, 4.69) is 14.9 Å². The van der Waals surface area contributed by atoms with E-state index in [0.717, 1.165) is 49.6 Å². The molecule has 1 fully saturated rings. The zero-order valence-corrected chi connectivity index (χ0v) is 15.1. The zero-order valence-electron chi connectivity index (χ0n) is 15.1. The van der Waals surface area contributed by atoms with E-state index < -0.39 is 0 Å². The summed E-state index contributed by atoms with van der Waals surface area (Å²) < 4.78 is 13.0. The van der Waals surface area contributed by atoms with Crippen LogP contribution in [-0.4, -0.2) is 33.7 Å². The number of Topliss-reactive ketones (excluding diaryl/α,β-unsaturated/α-hetero) is 1. The number of nitrogens with zero attached hydrogens (tertiary/aromatic N) is 2. The van der Waals surface area contributed by atoms with E-state index in [9.17, 15) is 9.18 Å². The number of likely N-dealkylation sites (tertiary alicyclic amines) is 1. The minimum absolute atomic E-state index is 0.0216. The lowest BCUT2D eigenvalue weighted by molar-refractivity contribution is 0.0834. The third-order valence-corrected chi connectivity index (χ3v) is 5.16. The van der Waals surface area contributed by atoms with Crippen LogP contribution in [-0.2, 0) is 6.54 Å². The molecule has 1 N–H and O–H groups in total. The number of benzene rings is 2. The molecule has 2 aromatic carbocycles. The van der Waals surface area contributed by atoms with Crippen molar-refractivity contribution in [2.75, 3.05) is 13.1 Å². The molecule has 1 saturated heterocycles.